The van der Waals surface area contributed by atoms with E-state index in [2.05, 4.69) is 4.98 Å². The number of carbonyl (C=O) groups is 2. The number of carbonyl (C=O) groups excluding carboxylic acids is 2. The second-order valence-corrected chi connectivity index (χ2v) is 9.01. The zero-order valence-corrected chi connectivity index (χ0v) is 21.1. The first kappa shape index (κ1) is 24.5. The molecule has 37 heavy (non-hydrogen) atoms. The summed E-state index contributed by atoms with van der Waals surface area (Å²) in [6.07, 6.45) is 1.78. The van der Waals surface area contributed by atoms with Gasteiger partial charge in [-0.05, 0) is 37.3 Å². The van der Waals surface area contributed by atoms with Gasteiger partial charge in [0.1, 0.15) is 17.3 Å². The Morgan fingerprint density at radius 2 is 1.81 bits per heavy atom. The Balaban J connectivity index is 1.70. The molecule has 188 valence electrons. The minimum atomic E-state index is -0.840. The van der Waals surface area contributed by atoms with Crippen LogP contribution in [0.1, 0.15) is 29.7 Å². The van der Waals surface area contributed by atoms with Crippen LogP contribution < -0.4 is 9.47 Å². The molecule has 2 heterocycles. The first-order valence-corrected chi connectivity index (χ1v) is 12.2. The van der Waals surface area contributed by atoms with Crippen molar-refractivity contribution >= 4 is 40.0 Å². The summed E-state index contributed by atoms with van der Waals surface area (Å²) in [5.74, 6) is -0.799. The predicted octanol–water partition coefficient (Wildman–Crippen LogP) is 5.85. The smallest absolute Gasteiger partial charge is 0.295 e. The number of H-pyrrole nitrogens is 1. The number of para-hydroxylation sites is 2. The normalized spacial score (nSPS) is 16.9. The van der Waals surface area contributed by atoms with Crippen LogP contribution in [0.15, 0.2) is 78.5 Å². The van der Waals surface area contributed by atoms with E-state index in [0.29, 0.717) is 34.3 Å². The SMILES string of the molecule is CCOc1cc(/C(O)=C2\C(=O)C(=O)N(Cc3ccccc3OC)C2c2c[nH]c3ccccc23)ccc1Cl. The monoisotopic (exact) mass is 516 g/mol. The first-order chi connectivity index (χ1) is 17.9. The maximum absolute atomic E-state index is 13.5. The second-order valence-electron chi connectivity index (χ2n) is 8.61. The summed E-state index contributed by atoms with van der Waals surface area (Å²) < 4.78 is 11.1. The van der Waals surface area contributed by atoms with Crippen LogP contribution in [0.4, 0.5) is 0 Å². The van der Waals surface area contributed by atoms with Gasteiger partial charge in [-0.1, -0.05) is 48.0 Å². The molecule has 2 N–H and O–H groups in total. The fourth-order valence-electron chi connectivity index (χ4n) is 4.78. The molecule has 0 saturated carbocycles. The molecule has 5 rings (SSSR count). The molecule has 0 spiro atoms. The summed E-state index contributed by atoms with van der Waals surface area (Å²) in [6.45, 7) is 2.31. The van der Waals surface area contributed by atoms with Crippen LogP contribution in [0.3, 0.4) is 0 Å². The molecular weight excluding hydrogens is 492 g/mol. The van der Waals surface area contributed by atoms with Crippen molar-refractivity contribution in [3.8, 4) is 11.5 Å². The Morgan fingerprint density at radius 3 is 2.59 bits per heavy atom. The lowest BCUT2D eigenvalue weighted by molar-refractivity contribution is -0.140. The number of hydrogen-bond donors (Lipinski definition) is 2. The number of aromatic amines is 1. The van der Waals surface area contributed by atoms with Gasteiger partial charge in [0, 0.05) is 33.8 Å². The maximum atomic E-state index is 13.5. The van der Waals surface area contributed by atoms with Gasteiger partial charge in [-0.15, -0.1) is 0 Å². The highest BCUT2D eigenvalue weighted by molar-refractivity contribution is 6.46. The Morgan fingerprint density at radius 1 is 1.05 bits per heavy atom. The van der Waals surface area contributed by atoms with E-state index < -0.39 is 17.7 Å². The third-order valence-corrected chi connectivity index (χ3v) is 6.81. The number of aliphatic hydroxyl groups is 1. The van der Waals surface area contributed by atoms with Crippen LogP contribution in [0.25, 0.3) is 16.7 Å². The van der Waals surface area contributed by atoms with Crippen LogP contribution >= 0.6 is 11.6 Å². The van der Waals surface area contributed by atoms with Crippen molar-refractivity contribution in [1.82, 2.24) is 9.88 Å². The third kappa shape index (κ3) is 4.32. The van der Waals surface area contributed by atoms with Crippen molar-refractivity contribution < 1.29 is 24.2 Å². The quantitative estimate of drug-likeness (QED) is 0.183. The van der Waals surface area contributed by atoms with Crippen LogP contribution in [-0.4, -0.2) is 40.4 Å². The minimum Gasteiger partial charge on any atom is -0.507 e. The number of benzene rings is 3. The molecule has 4 aromatic rings. The molecule has 1 unspecified atom stereocenters. The molecule has 1 aromatic heterocycles. The molecule has 8 heteroatoms. The lowest BCUT2D eigenvalue weighted by Crippen LogP contribution is -2.29. The summed E-state index contributed by atoms with van der Waals surface area (Å²) in [6, 6.07) is 18.9. The van der Waals surface area contributed by atoms with E-state index in [1.54, 1.807) is 37.6 Å². The molecule has 1 aliphatic rings. The van der Waals surface area contributed by atoms with Gasteiger partial charge in [0.05, 0.1) is 36.9 Å². The number of hydrogen-bond acceptors (Lipinski definition) is 5. The van der Waals surface area contributed by atoms with Gasteiger partial charge in [0.2, 0.25) is 0 Å². The molecule has 0 radical (unpaired) electrons. The fourth-order valence-corrected chi connectivity index (χ4v) is 4.95. The van der Waals surface area contributed by atoms with Crippen LogP contribution in [0, 0.1) is 0 Å². The van der Waals surface area contributed by atoms with Crippen molar-refractivity contribution in [3.63, 3.8) is 0 Å². The molecule has 0 bridgehead atoms. The zero-order chi connectivity index (χ0) is 26.1. The Bertz CT molecular complexity index is 1540. The van der Waals surface area contributed by atoms with Crippen molar-refractivity contribution in [3.05, 3.63) is 100 Å². The number of nitrogens with zero attached hydrogens (tertiary/aromatic N) is 1. The average Bonchev–Trinajstić information content (AvgIpc) is 3.44. The van der Waals surface area contributed by atoms with Gasteiger partial charge in [-0.3, -0.25) is 9.59 Å². The molecule has 1 amide bonds. The predicted molar refractivity (Wildman–Crippen MR) is 142 cm³/mol. The molecule has 1 aliphatic heterocycles. The lowest BCUT2D eigenvalue weighted by Gasteiger charge is -2.25. The maximum Gasteiger partial charge on any atom is 0.295 e. The Labute approximate surface area is 218 Å². The molecule has 1 saturated heterocycles. The molecule has 1 fully saturated rings. The van der Waals surface area contributed by atoms with E-state index in [-0.39, 0.29) is 17.9 Å². The summed E-state index contributed by atoms with van der Waals surface area (Å²) in [7, 11) is 1.56. The van der Waals surface area contributed by atoms with E-state index in [0.717, 1.165) is 16.5 Å². The number of aromatic nitrogens is 1. The number of aliphatic hydroxyl groups excluding tert-OH is 1. The highest BCUT2D eigenvalue weighted by Crippen LogP contribution is 2.43. The van der Waals surface area contributed by atoms with Crippen LogP contribution in [-0.2, 0) is 16.1 Å². The molecule has 7 nitrogen and oxygen atoms in total. The van der Waals surface area contributed by atoms with Crippen LogP contribution in [0.2, 0.25) is 5.02 Å². The number of ether oxygens (including phenoxy) is 2. The Hall–Kier alpha value is -4.23. The average molecular weight is 517 g/mol. The summed E-state index contributed by atoms with van der Waals surface area (Å²) in [4.78, 5) is 31.6. The second kappa shape index (κ2) is 10.0. The number of likely N-dealkylation sites (tertiary alicyclic amines) is 1. The highest BCUT2D eigenvalue weighted by Gasteiger charge is 2.47. The van der Waals surface area contributed by atoms with Crippen molar-refractivity contribution in [2.45, 2.75) is 19.5 Å². The standard InChI is InChI=1S/C29H25ClN2O5/c1-3-37-24-14-17(12-13-21(24)30)27(33)25-26(20-15-31-22-10-6-5-9-19(20)22)32(29(35)28(25)34)16-18-8-4-7-11-23(18)36-2/h4-15,26,31,33H,3,16H2,1-2H3/b27-25+. The van der Waals surface area contributed by atoms with Crippen molar-refractivity contribution in [2.75, 3.05) is 13.7 Å². The lowest BCUT2D eigenvalue weighted by atomic mass is 9.94. The van der Waals surface area contributed by atoms with Gasteiger partial charge in [-0.2, -0.15) is 0 Å². The number of methoxy groups -OCH3 is 1. The number of rotatable bonds is 7. The summed E-state index contributed by atoms with van der Waals surface area (Å²) >= 11 is 6.24. The molecular formula is C29H25ClN2O5. The highest BCUT2D eigenvalue weighted by atomic mass is 35.5. The van der Waals surface area contributed by atoms with E-state index in [9.17, 15) is 14.7 Å². The number of halogens is 1. The van der Waals surface area contributed by atoms with Gasteiger partial charge >= 0.3 is 0 Å². The number of fused-ring (bicyclic) bond motifs is 1. The zero-order valence-electron chi connectivity index (χ0n) is 20.3. The van der Waals surface area contributed by atoms with Gasteiger partial charge < -0.3 is 24.5 Å². The third-order valence-electron chi connectivity index (χ3n) is 6.49. The molecule has 0 aliphatic carbocycles. The van der Waals surface area contributed by atoms with Crippen molar-refractivity contribution in [1.29, 1.82) is 0 Å². The van der Waals surface area contributed by atoms with E-state index in [4.69, 9.17) is 21.1 Å². The van der Waals surface area contributed by atoms with E-state index in [1.807, 2.05) is 49.4 Å². The van der Waals surface area contributed by atoms with Gasteiger partial charge in [0.15, 0.2) is 0 Å². The molecule has 3 aromatic carbocycles. The topological polar surface area (TPSA) is 91.9 Å². The fraction of sp³-hybridized carbons (Fsp3) is 0.172. The number of nitrogens with one attached hydrogen (secondary N) is 1. The minimum absolute atomic E-state index is 0.00516. The van der Waals surface area contributed by atoms with Crippen LogP contribution in [0.5, 0.6) is 11.5 Å². The summed E-state index contributed by atoms with van der Waals surface area (Å²) in [5, 5.41) is 12.7. The van der Waals surface area contributed by atoms with Crippen molar-refractivity contribution in [2.24, 2.45) is 0 Å². The van der Waals surface area contributed by atoms with E-state index in [1.165, 1.54) is 4.90 Å². The first-order valence-electron chi connectivity index (χ1n) is 11.8. The number of ketones is 1. The summed E-state index contributed by atoms with van der Waals surface area (Å²) in [5.41, 5.74) is 2.61. The number of Topliss-reactive ketones (excluding diaryl/α,β-unsaturated/α-hetero) is 1. The number of amides is 1. The largest absolute Gasteiger partial charge is 0.507 e. The van der Waals surface area contributed by atoms with Gasteiger partial charge in [-0.25, -0.2) is 0 Å². The van der Waals surface area contributed by atoms with E-state index >= 15 is 0 Å². The Kier molecular flexibility index (Phi) is 6.63. The molecule has 1 atom stereocenters. The van der Waals surface area contributed by atoms with Gasteiger partial charge in [0.25, 0.3) is 11.7 Å².